The third-order valence-corrected chi connectivity index (χ3v) is 2.98. The number of benzene rings is 1. The zero-order valence-corrected chi connectivity index (χ0v) is 12.2. The van der Waals surface area contributed by atoms with Crippen molar-refractivity contribution in [3.63, 3.8) is 0 Å². The summed E-state index contributed by atoms with van der Waals surface area (Å²) in [5.41, 5.74) is 2.74. The molecule has 0 aromatic heterocycles. The van der Waals surface area contributed by atoms with Crippen LogP contribution < -0.4 is 10.6 Å². The normalized spacial score (nSPS) is 10.6. The van der Waals surface area contributed by atoms with E-state index in [4.69, 9.17) is 11.6 Å². The maximum absolute atomic E-state index is 11.7. The minimum atomic E-state index is -0.204. The van der Waals surface area contributed by atoms with Crippen LogP contribution in [0.3, 0.4) is 0 Å². The Hall–Kier alpha value is -1.22. The van der Waals surface area contributed by atoms with Crippen LogP contribution in [0, 0.1) is 19.8 Å². The summed E-state index contributed by atoms with van der Waals surface area (Å²) in [4.78, 5) is 11.7. The van der Waals surface area contributed by atoms with Crippen LogP contribution in [-0.2, 0) is 0 Å². The number of anilines is 1. The molecule has 2 N–H and O–H groups in total. The van der Waals surface area contributed by atoms with Crippen molar-refractivity contribution in [2.24, 2.45) is 5.92 Å². The highest BCUT2D eigenvalue weighted by atomic mass is 35.5. The van der Waals surface area contributed by atoms with Crippen LogP contribution >= 0.6 is 11.6 Å². The van der Waals surface area contributed by atoms with Crippen LogP contribution in [0.4, 0.5) is 10.5 Å². The quantitative estimate of drug-likeness (QED) is 0.847. The molecule has 18 heavy (non-hydrogen) atoms. The molecule has 100 valence electrons. The number of urea groups is 1. The first-order valence-electron chi connectivity index (χ1n) is 6.21. The minimum absolute atomic E-state index is 0.204. The van der Waals surface area contributed by atoms with Gasteiger partial charge in [0.15, 0.2) is 0 Å². The molecule has 0 spiro atoms. The molecule has 3 nitrogen and oxygen atoms in total. The summed E-state index contributed by atoms with van der Waals surface area (Å²) >= 11 is 6.12. The highest BCUT2D eigenvalue weighted by molar-refractivity contribution is 6.34. The third-order valence-electron chi connectivity index (χ3n) is 2.68. The highest BCUT2D eigenvalue weighted by Gasteiger charge is 2.08. The number of rotatable bonds is 4. The topological polar surface area (TPSA) is 41.1 Å². The maximum Gasteiger partial charge on any atom is 0.319 e. The van der Waals surface area contributed by atoms with E-state index in [1.54, 1.807) is 0 Å². The van der Waals surface area contributed by atoms with E-state index in [1.807, 2.05) is 26.0 Å². The minimum Gasteiger partial charge on any atom is -0.338 e. The molecule has 0 aliphatic carbocycles. The molecule has 0 radical (unpaired) electrons. The smallest absolute Gasteiger partial charge is 0.319 e. The molecule has 0 heterocycles. The van der Waals surface area contributed by atoms with Gasteiger partial charge in [0.1, 0.15) is 0 Å². The molecule has 0 fully saturated rings. The summed E-state index contributed by atoms with van der Waals surface area (Å²) in [5.74, 6) is 0.579. The van der Waals surface area contributed by atoms with Crippen LogP contribution in [0.15, 0.2) is 12.1 Å². The molecule has 2 amide bonds. The number of hydrogen-bond donors (Lipinski definition) is 2. The number of hydrogen-bond acceptors (Lipinski definition) is 1. The predicted molar refractivity (Wildman–Crippen MR) is 77.4 cm³/mol. The molecule has 0 unspecified atom stereocenters. The van der Waals surface area contributed by atoms with Crippen molar-refractivity contribution in [2.75, 3.05) is 11.9 Å². The van der Waals surface area contributed by atoms with E-state index in [0.717, 1.165) is 17.5 Å². The summed E-state index contributed by atoms with van der Waals surface area (Å²) in [5, 5.41) is 6.20. The van der Waals surface area contributed by atoms with Gasteiger partial charge in [0.25, 0.3) is 0 Å². The Bertz CT molecular complexity index is 407. The first-order chi connectivity index (χ1) is 8.40. The van der Waals surface area contributed by atoms with Gasteiger partial charge in [-0.15, -0.1) is 0 Å². The number of carbonyl (C=O) groups excluding carboxylic acids is 1. The van der Waals surface area contributed by atoms with Gasteiger partial charge in [-0.3, -0.25) is 0 Å². The SMILES string of the molecule is Cc1cc(C)c(NC(=O)NCCC(C)C)c(Cl)c1. The molecule has 0 saturated heterocycles. The first kappa shape index (κ1) is 14.8. The van der Waals surface area contributed by atoms with Gasteiger partial charge in [-0.1, -0.05) is 31.5 Å². The van der Waals surface area contributed by atoms with Crippen LogP contribution in [-0.4, -0.2) is 12.6 Å². The molecular formula is C14H21ClN2O. The molecule has 0 saturated carbocycles. The monoisotopic (exact) mass is 268 g/mol. The summed E-state index contributed by atoms with van der Waals surface area (Å²) in [6, 6.07) is 3.64. The van der Waals surface area contributed by atoms with E-state index < -0.39 is 0 Å². The second-order valence-electron chi connectivity index (χ2n) is 5.00. The predicted octanol–water partition coefficient (Wildman–Crippen LogP) is 4.12. The number of amides is 2. The summed E-state index contributed by atoms with van der Waals surface area (Å²) < 4.78 is 0. The van der Waals surface area contributed by atoms with E-state index in [9.17, 15) is 4.79 Å². The lowest BCUT2D eigenvalue weighted by Gasteiger charge is -2.13. The van der Waals surface area contributed by atoms with E-state index in [1.165, 1.54) is 0 Å². The van der Waals surface area contributed by atoms with Gasteiger partial charge in [-0.2, -0.15) is 0 Å². The average Bonchev–Trinajstić information content (AvgIpc) is 2.22. The van der Waals surface area contributed by atoms with Crippen molar-refractivity contribution in [2.45, 2.75) is 34.1 Å². The molecular weight excluding hydrogens is 248 g/mol. The van der Waals surface area contributed by atoms with E-state index in [2.05, 4.69) is 24.5 Å². The Kier molecular flexibility index (Phi) is 5.48. The molecule has 1 rings (SSSR count). The molecule has 1 aromatic carbocycles. The largest absolute Gasteiger partial charge is 0.338 e. The lowest BCUT2D eigenvalue weighted by atomic mass is 10.1. The number of carbonyl (C=O) groups is 1. The van der Waals surface area contributed by atoms with Gasteiger partial charge < -0.3 is 10.6 Å². The van der Waals surface area contributed by atoms with Crippen molar-refractivity contribution in [3.05, 3.63) is 28.3 Å². The van der Waals surface area contributed by atoms with Crippen LogP contribution in [0.25, 0.3) is 0 Å². The first-order valence-corrected chi connectivity index (χ1v) is 6.59. The second-order valence-corrected chi connectivity index (χ2v) is 5.41. The Morgan fingerprint density at radius 3 is 2.56 bits per heavy atom. The Morgan fingerprint density at radius 1 is 1.33 bits per heavy atom. The van der Waals surface area contributed by atoms with E-state index >= 15 is 0 Å². The maximum atomic E-state index is 11.7. The standard InChI is InChI=1S/C14H21ClN2O/c1-9(2)5-6-16-14(18)17-13-11(4)7-10(3)8-12(13)15/h7-9H,5-6H2,1-4H3,(H2,16,17,18). The van der Waals surface area contributed by atoms with Crippen molar-refractivity contribution in [1.29, 1.82) is 0 Å². The van der Waals surface area contributed by atoms with Gasteiger partial charge >= 0.3 is 6.03 Å². The Morgan fingerprint density at radius 2 is 2.00 bits per heavy atom. The number of halogens is 1. The van der Waals surface area contributed by atoms with Crippen molar-refractivity contribution in [3.8, 4) is 0 Å². The van der Waals surface area contributed by atoms with Gasteiger partial charge in [0.2, 0.25) is 0 Å². The zero-order valence-electron chi connectivity index (χ0n) is 11.4. The van der Waals surface area contributed by atoms with E-state index in [0.29, 0.717) is 23.2 Å². The summed E-state index contributed by atoms with van der Waals surface area (Å²) in [6.07, 6.45) is 0.966. The Balaban J connectivity index is 2.59. The number of nitrogens with one attached hydrogen (secondary N) is 2. The lowest BCUT2D eigenvalue weighted by molar-refractivity contribution is 0.251. The van der Waals surface area contributed by atoms with Crippen LogP contribution in [0.2, 0.25) is 5.02 Å². The molecule has 0 atom stereocenters. The molecule has 0 bridgehead atoms. The third kappa shape index (κ3) is 4.57. The molecule has 4 heteroatoms. The Labute approximate surface area is 114 Å². The van der Waals surface area contributed by atoms with Gasteiger partial charge in [-0.05, 0) is 43.4 Å². The zero-order chi connectivity index (χ0) is 13.7. The highest BCUT2D eigenvalue weighted by Crippen LogP contribution is 2.27. The molecule has 1 aromatic rings. The average molecular weight is 269 g/mol. The van der Waals surface area contributed by atoms with Gasteiger partial charge in [0, 0.05) is 6.54 Å². The second kappa shape index (κ2) is 6.64. The molecule has 0 aliphatic heterocycles. The van der Waals surface area contributed by atoms with E-state index in [-0.39, 0.29) is 6.03 Å². The van der Waals surface area contributed by atoms with Gasteiger partial charge in [0.05, 0.1) is 10.7 Å². The lowest BCUT2D eigenvalue weighted by Crippen LogP contribution is -2.30. The number of aryl methyl sites for hydroxylation is 2. The van der Waals surface area contributed by atoms with Crippen molar-refractivity contribution >= 4 is 23.3 Å². The van der Waals surface area contributed by atoms with Crippen LogP contribution in [0.5, 0.6) is 0 Å². The fourth-order valence-electron chi connectivity index (χ4n) is 1.71. The van der Waals surface area contributed by atoms with Crippen molar-refractivity contribution < 1.29 is 4.79 Å². The van der Waals surface area contributed by atoms with Crippen molar-refractivity contribution in [1.82, 2.24) is 5.32 Å². The summed E-state index contributed by atoms with van der Waals surface area (Å²) in [7, 11) is 0. The molecule has 0 aliphatic rings. The fourth-order valence-corrected chi connectivity index (χ4v) is 2.07. The fraction of sp³-hybridized carbons (Fsp3) is 0.500. The van der Waals surface area contributed by atoms with Crippen LogP contribution in [0.1, 0.15) is 31.4 Å². The van der Waals surface area contributed by atoms with Gasteiger partial charge in [-0.25, -0.2) is 4.79 Å². The summed E-state index contributed by atoms with van der Waals surface area (Å²) in [6.45, 7) is 8.83.